The molecular formula is C19H25F3N2O3. The van der Waals surface area contributed by atoms with Crippen molar-refractivity contribution in [3.05, 3.63) is 35.9 Å². The molecule has 0 radical (unpaired) electrons. The molecule has 1 aromatic carbocycles. The number of hydrogen-bond donors (Lipinski definition) is 1. The van der Waals surface area contributed by atoms with Gasteiger partial charge in [0.25, 0.3) is 0 Å². The molecule has 1 saturated heterocycles. The lowest BCUT2D eigenvalue weighted by Crippen LogP contribution is -2.60. The highest BCUT2D eigenvalue weighted by molar-refractivity contribution is 5.87. The molecule has 1 N–H and O–H groups in total. The van der Waals surface area contributed by atoms with E-state index in [1.54, 1.807) is 39.8 Å². The van der Waals surface area contributed by atoms with Gasteiger partial charge in [-0.05, 0) is 39.7 Å². The summed E-state index contributed by atoms with van der Waals surface area (Å²) >= 11 is 0. The number of alkyl carbamates (subject to hydrolysis) is 1. The second kappa shape index (κ2) is 7.78. The normalized spacial score (nSPS) is 23.9. The van der Waals surface area contributed by atoms with Crippen molar-refractivity contribution in [2.24, 2.45) is 0 Å². The molecule has 5 nitrogen and oxygen atoms in total. The highest BCUT2D eigenvalue weighted by atomic mass is 19.4. The van der Waals surface area contributed by atoms with Crippen LogP contribution in [0.2, 0.25) is 0 Å². The van der Waals surface area contributed by atoms with Crippen molar-refractivity contribution < 1.29 is 27.5 Å². The standard InChI is InChI=1S/C19H25F3N2O3/c1-12-14(13-8-6-5-7-9-13)10-15(23-17(26)27-18(2,3)4)16(25)24(12)11-19(20,21)22/h5-9,12,14-15H,10-11H2,1-4H3,(H,23,26)/t12-,14?,15?/m1/s1. The summed E-state index contributed by atoms with van der Waals surface area (Å²) in [6.07, 6.45) is -5.15. The van der Waals surface area contributed by atoms with Gasteiger partial charge in [-0.3, -0.25) is 4.79 Å². The Labute approximate surface area is 156 Å². The summed E-state index contributed by atoms with van der Waals surface area (Å²) in [6, 6.07) is 7.29. The molecule has 3 atom stereocenters. The lowest BCUT2D eigenvalue weighted by Gasteiger charge is -2.43. The van der Waals surface area contributed by atoms with Crippen molar-refractivity contribution in [3.63, 3.8) is 0 Å². The van der Waals surface area contributed by atoms with Gasteiger partial charge >= 0.3 is 12.3 Å². The van der Waals surface area contributed by atoms with E-state index in [2.05, 4.69) is 5.32 Å². The maximum atomic E-state index is 13.0. The Kier molecular flexibility index (Phi) is 6.07. The molecule has 1 aliphatic rings. The molecule has 1 heterocycles. The van der Waals surface area contributed by atoms with Crippen molar-refractivity contribution in [1.82, 2.24) is 10.2 Å². The third kappa shape index (κ3) is 5.87. The first-order chi connectivity index (χ1) is 12.4. The smallest absolute Gasteiger partial charge is 0.408 e. The van der Waals surface area contributed by atoms with Crippen LogP contribution in [0.25, 0.3) is 0 Å². The fraction of sp³-hybridized carbons (Fsp3) is 0.579. The van der Waals surface area contributed by atoms with Crippen LogP contribution in [0.4, 0.5) is 18.0 Å². The predicted molar refractivity (Wildman–Crippen MR) is 94.2 cm³/mol. The number of carbonyl (C=O) groups excluding carboxylic acids is 2. The molecule has 0 aromatic heterocycles. The maximum absolute atomic E-state index is 13.0. The fourth-order valence-corrected chi connectivity index (χ4v) is 3.27. The van der Waals surface area contributed by atoms with Crippen molar-refractivity contribution in [2.75, 3.05) is 6.54 Å². The number of amides is 2. The van der Waals surface area contributed by atoms with Crippen LogP contribution >= 0.6 is 0 Å². The van der Waals surface area contributed by atoms with Gasteiger partial charge in [0.2, 0.25) is 5.91 Å². The highest BCUT2D eigenvalue weighted by Crippen LogP contribution is 2.35. The fourth-order valence-electron chi connectivity index (χ4n) is 3.27. The summed E-state index contributed by atoms with van der Waals surface area (Å²) in [5.41, 5.74) is 0.0419. The Hall–Kier alpha value is -2.25. The van der Waals surface area contributed by atoms with E-state index >= 15 is 0 Å². The number of piperidine rings is 1. The number of nitrogens with zero attached hydrogens (tertiary/aromatic N) is 1. The summed E-state index contributed by atoms with van der Waals surface area (Å²) < 4.78 is 44.2. The quantitative estimate of drug-likeness (QED) is 0.859. The molecule has 1 aromatic rings. The zero-order valence-electron chi connectivity index (χ0n) is 15.8. The van der Waals surface area contributed by atoms with Crippen LogP contribution in [-0.4, -0.2) is 47.3 Å². The lowest BCUT2D eigenvalue weighted by molar-refractivity contribution is -0.170. The minimum absolute atomic E-state index is 0.206. The molecule has 2 rings (SSSR count). The molecule has 150 valence electrons. The Balaban J connectivity index is 2.27. The molecular weight excluding hydrogens is 361 g/mol. The first-order valence-electron chi connectivity index (χ1n) is 8.79. The van der Waals surface area contributed by atoms with E-state index in [1.807, 2.05) is 18.2 Å². The van der Waals surface area contributed by atoms with Crippen molar-refractivity contribution in [2.45, 2.75) is 63.9 Å². The van der Waals surface area contributed by atoms with Gasteiger partial charge in [0, 0.05) is 12.0 Å². The molecule has 27 heavy (non-hydrogen) atoms. The second-order valence-electron chi connectivity index (χ2n) is 7.77. The topological polar surface area (TPSA) is 58.6 Å². The molecule has 2 amide bonds. The van der Waals surface area contributed by atoms with Crippen LogP contribution in [0.15, 0.2) is 30.3 Å². The van der Waals surface area contributed by atoms with Gasteiger partial charge in [-0.25, -0.2) is 4.79 Å². The van der Waals surface area contributed by atoms with Crippen LogP contribution in [0.1, 0.15) is 45.6 Å². The van der Waals surface area contributed by atoms with Crippen molar-refractivity contribution >= 4 is 12.0 Å². The molecule has 1 aliphatic heterocycles. The van der Waals surface area contributed by atoms with Gasteiger partial charge in [-0.15, -0.1) is 0 Å². The number of likely N-dealkylation sites (tertiary alicyclic amines) is 1. The van der Waals surface area contributed by atoms with E-state index in [-0.39, 0.29) is 12.3 Å². The summed E-state index contributed by atoms with van der Waals surface area (Å²) in [5.74, 6) is -1.09. The SMILES string of the molecule is C[C@@H]1C(c2ccccc2)CC(NC(=O)OC(C)(C)C)C(=O)N1CC(F)(F)F. The molecule has 8 heteroatoms. The minimum Gasteiger partial charge on any atom is -0.444 e. The minimum atomic E-state index is -4.53. The van der Waals surface area contributed by atoms with Gasteiger partial charge < -0.3 is 15.0 Å². The molecule has 1 fully saturated rings. The molecule has 0 saturated carbocycles. The Bertz CT molecular complexity index is 671. The number of halogens is 3. The third-order valence-corrected chi connectivity index (χ3v) is 4.41. The van der Waals surface area contributed by atoms with Gasteiger partial charge in [0.1, 0.15) is 18.2 Å². The summed E-state index contributed by atoms with van der Waals surface area (Å²) in [7, 11) is 0. The van der Waals surface area contributed by atoms with Crippen LogP contribution in [0.5, 0.6) is 0 Å². The summed E-state index contributed by atoms with van der Waals surface area (Å²) in [4.78, 5) is 25.5. The van der Waals surface area contributed by atoms with Crippen LogP contribution in [0.3, 0.4) is 0 Å². The number of nitrogens with one attached hydrogen (secondary N) is 1. The largest absolute Gasteiger partial charge is 0.444 e. The monoisotopic (exact) mass is 386 g/mol. The average Bonchev–Trinajstić information content (AvgIpc) is 2.52. The van der Waals surface area contributed by atoms with Gasteiger partial charge in [0.05, 0.1) is 0 Å². The van der Waals surface area contributed by atoms with Gasteiger partial charge in [0.15, 0.2) is 0 Å². The van der Waals surface area contributed by atoms with E-state index in [4.69, 9.17) is 4.74 Å². The highest BCUT2D eigenvalue weighted by Gasteiger charge is 2.45. The van der Waals surface area contributed by atoms with Crippen molar-refractivity contribution in [3.8, 4) is 0 Å². The summed E-state index contributed by atoms with van der Waals surface area (Å²) in [5, 5.41) is 2.44. The van der Waals surface area contributed by atoms with Crippen LogP contribution in [0, 0.1) is 0 Å². The second-order valence-corrected chi connectivity index (χ2v) is 7.77. The van der Waals surface area contributed by atoms with E-state index in [9.17, 15) is 22.8 Å². The maximum Gasteiger partial charge on any atom is 0.408 e. The molecule has 0 spiro atoms. The zero-order chi connectivity index (χ0) is 20.4. The van der Waals surface area contributed by atoms with Gasteiger partial charge in [-0.1, -0.05) is 30.3 Å². The zero-order valence-corrected chi connectivity index (χ0v) is 15.8. The first kappa shape index (κ1) is 21.1. The van der Waals surface area contributed by atoms with E-state index in [1.165, 1.54) is 0 Å². The number of ether oxygens (including phenoxy) is 1. The van der Waals surface area contributed by atoms with Crippen LogP contribution < -0.4 is 5.32 Å². The number of rotatable bonds is 3. The van der Waals surface area contributed by atoms with E-state index in [0.29, 0.717) is 0 Å². The third-order valence-electron chi connectivity index (χ3n) is 4.41. The van der Waals surface area contributed by atoms with E-state index < -0.39 is 42.4 Å². The average molecular weight is 386 g/mol. The van der Waals surface area contributed by atoms with E-state index in [0.717, 1.165) is 10.5 Å². The Morgan fingerprint density at radius 1 is 1.22 bits per heavy atom. The number of hydrogen-bond acceptors (Lipinski definition) is 3. The molecule has 2 unspecified atom stereocenters. The lowest BCUT2D eigenvalue weighted by atomic mass is 9.82. The number of benzene rings is 1. The predicted octanol–water partition coefficient (Wildman–Crippen LogP) is 3.85. The summed E-state index contributed by atoms with van der Waals surface area (Å²) in [6.45, 7) is 5.24. The molecule has 0 aliphatic carbocycles. The van der Waals surface area contributed by atoms with Crippen molar-refractivity contribution in [1.29, 1.82) is 0 Å². The van der Waals surface area contributed by atoms with Gasteiger partial charge in [-0.2, -0.15) is 13.2 Å². The number of alkyl halides is 3. The number of carbonyl (C=O) groups is 2. The Morgan fingerprint density at radius 2 is 1.81 bits per heavy atom. The Morgan fingerprint density at radius 3 is 2.33 bits per heavy atom. The first-order valence-corrected chi connectivity index (χ1v) is 8.79. The molecule has 0 bridgehead atoms. The van der Waals surface area contributed by atoms with Crippen LogP contribution in [-0.2, 0) is 9.53 Å².